The molecule has 166 valence electrons. The summed E-state index contributed by atoms with van der Waals surface area (Å²) in [7, 11) is 1.28. The third kappa shape index (κ3) is 5.16. The molecule has 2 aromatic carbocycles. The number of esters is 1. The van der Waals surface area contributed by atoms with Gasteiger partial charge in [-0.3, -0.25) is 9.20 Å². The third-order valence-corrected chi connectivity index (χ3v) is 4.70. The van der Waals surface area contributed by atoms with Crippen LogP contribution < -0.4 is 20.9 Å². The fraction of sp³-hybridized carbons (Fsp3) is 0.0833. The summed E-state index contributed by atoms with van der Waals surface area (Å²) in [5, 5.41) is 5.32. The molecule has 0 aliphatic rings. The number of carbonyl (C=O) groups excluding carboxylic acids is 2. The molecule has 0 spiro atoms. The first-order valence-corrected chi connectivity index (χ1v) is 9.99. The number of rotatable bonds is 6. The highest BCUT2D eigenvalue weighted by Crippen LogP contribution is 2.19. The Labute approximate surface area is 188 Å². The molecular weight excluding hydrogens is 424 g/mol. The minimum atomic E-state index is -0.545. The molecule has 0 saturated heterocycles. The summed E-state index contributed by atoms with van der Waals surface area (Å²) in [5.74, 6) is 0.00283. The summed E-state index contributed by atoms with van der Waals surface area (Å²) >= 11 is 0. The molecule has 2 amide bonds. The summed E-state index contributed by atoms with van der Waals surface area (Å²) in [6, 6.07) is 19.5. The number of amides is 2. The maximum atomic E-state index is 12.3. The monoisotopic (exact) mass is 444 g/mol. The zero-order valence-electron chi connectivity index (χ0n) is 17.6. The van der Waals surface area contributed by atoms with Crippen LogP contribution in [0, 0.1) is 0 Å². The fourth-order valence-electron chi connectivity index (χ4n) is 3.13. The van der Waals surface area contributed by atoms with Crippen molar-refractivity contribution < 1.29 is 19.1 Å². The molecule has 9 nitrogen and oxygen atoms in total. The highest BCUT2D eigenvalue weighted by molar-refractivity contribution is 6.05. The largest absolute Gasteiger partial charge is 0.487 e. The summed E-state index contributed by atoms with van der Waals surface area (Å²) in [4.78, 5) is 40.7. The van der Waals surface area contributed by atoms with Crippen LogP contribution in [0.2, 0.25) is 0 Å². The second-order valence-electron chi connectivity index (χ2n) is 6.94. The fourth-order valence-corrected chi connectivity index (χ4v) is 3.13. The average molecular weight is 444 g/mol. The number of nitrogens with one attached hydrogen (secondary N) is 2. The molecule has 4 rings (SSSR count). The minimum Gasteiger partial charge on any atom is -0.487 e. The van der Waals surface area contributed by atoms with Crippen LogP contribution in [0.25, 0.3) is 5.65 Å². The van der Waals surface area contributed by atoms with Crippen LogP contribution in [0.15, 0.2) is 83.8 Å². The van der Waals surface area contributed by atoms with Gasteiger partial charge in [0.15, 0.2) is 0 Å². The van der Waals surface area contributed by atoms with E-state index in [2.05, 4.69) is 15.6 Å². The summed E-state index contributed by atoms with van der Waals surface area (Å²) < 4.78 is 11.9. The lowest BCUT2D eigenvalue weighted by atomic mass is 10.2. The van der Waals surface area contributed by atoms with Crippen molar-refractivity contribution in [2.24, 2.45) is 0 Å². The Morgan fingerprint density at radius 2 is 1.73 bits per heavy atom. The predicted octanol–water partition coefficient (Wildman–Crippen LogP) is 3.70. The van der Waals surface area contributed by atoms with E-state index in [1.807, 2.05) is 6.07 Å². The first-order valence-electron chi connectivity index (χ1n) is 9.99. The first kappa shape index (κ1) is 21.6. The predicted molar refractivity (Wildman–Crippen MR) is 123 cm³/mol. The van der Waals surface area contributed by atoms with Gasteiger partial charge in [0.2, 0.25) is 0 Å². The zero-order chi connectivity index (χ0) is 23.2. The molecule has 33 heavy (non-hydrogen) atoms. The SMILES string of the molecule is COC(=O)c1ccccc1NC(=O)Nc1ccc(OCc2cc(=O)n3ccccc3n2)cc1. The van der Waals surface area contributed by atoms with Crippen LogP contribution in [-0.4, -0.2) is 28.5 Å². The molecular formula is C24H20N4O5. The number of para-hydroxylation sites is 1. The van der Waals surface area contributed by atoms with Crippen molar-refractivity contribution in [2.75, 3.05) is 17.7 Å². The number of anilines is 2. The molecule has 0 atom stereocenters. The van der Waals surface area contributed by atoms with Crippen LogP contribution in [-0.2, 0) is 11.3 Å². The van der Waals surface area contributed by atoms with E-state index >= 15 is 0 Å². The van der Waals surface area contributed by atoms with Gasteiger partial charge < -0.3 is 20.1 Å². The number of benzene rings is 2. The maximum absolute atomic E-state index is 12.3. The second-order valence-corrected chi connectivity index (χ2v) is 6.94. The molecule has 9 heteroatoms. The minimum absolute atomic E-state index is 0.123. The van der Waals surface area contributed by atoms with E-state index in [0.29, 0.717) is 28.5 Å². The smallest absolute Gasteiger partial charge is 0.339 e. The lowest BCUT2D eigenvalue weighted by molar-refractivity contribution is 0.0602. The van der Waals surface area contributed by atoms with Gasteiger partial charge in [0.05, 0.1) is 24.1 Å². The summed E-state index contributed by atoms with van der Waals surface area (Å²) in [6.07, 6.45) is 1.66. The highest BCUT2D eigenvalue weighted by atomic mass is 16.5. The number of fused-ring (bicyclic) bond motifs is 1. The van der Waals surface area contributed by atoms with E-state index in [-0.39, 0.29) is 17.7 Å². The summed E-state index contributed by atoms with van der Waals surface area (Å²) in [5.41, 5.74) is 1.98. The molecule has 0 saturated carbocycles. The third-order valence-electron chi connectivity index (χ3n) is 4.70. The van der Waals surface area contributed by atoms with Crippen molar-refractivity contribution in [2.45, 2.75) is 6.61 Å². The van der Waals surface area contributed by atoms with E-state index in [1.165, 1.54) is 17.6 Å². The van der Waals surface area contributed by atoms with Gasteiger partial charge in [-0.25, -0.2) is 14.6 Å². The Morgan fingerprint density at radius 3 is 2.52 bits per heavy atom. The van der Waals surface area contributed by atoms with Gasteiger partial charge in [-0.1, -0.05) is 18.2 Å². The number of methoxy groups -OCH3 is 1. The number of urea groups is 1. The van der Waals surface area contributed by atoms with Crippen LogP contribution in [0.3, 0.4) is 0 Å². The summed E-state index contributed by atoms with van der Waals surface area (Å²) in [6.45, 7) is 0.123. The molecule has 2 heterocycles. The van der Waals surface area contributed by atoms with E-state index < -0.39 is 12.0 Å². The number of aromatic nitrogens is 2. The molecule has 0 aliphatic heterocycles. The number of carbonyl (C=O) groups is 2. The van der Waals surface area contributed by atoms with Crippen molar-refractivity contribution in [1.29, 1.82) is 0 Å². The quantitative estimate of drug-likeness (QED) is 0.439. The number of nitrogens with zero attached hydrogens (tertiary/aromatic N) is 2. The van der Waals surface area contributed by atoms with Crippen molar-refractivity contribution in [1.82, 2.24) is 9.38 Å². The topological polar surface area (TPSA) is 111 Å². The van der Waals surface area contributed by atoms with Gasteiger partial charge in [-0.05, 0) is 48.5 Å². The van der Waals surface area contributed by atoms with Gasteiger partial charge >= 0.3 is 12.0 Å². The Bertz CT molecular complexity index is 1370. The van der Waals surface area contributed by atoms with Crippen molar-refractivity contribution in [3.8, 4) is 5.75 Å². The van der Waals surface area contributed by atoms with Crippen LogP contribution in [0.4, 0.5) is 16.2 Å². The maximum Gasteiger partial charge on any atom is 0.339 e. The molecule has 0 fully saturated rings. The Morgan fingerprint density at radius 1 is 0.970 bits per heavy atom. The van der Waals surface area contributed by atoms with Crippen LogP contribution >= 0.6 is 0 Å². The molecule has 0 radical (unpaired) electrons. The normalized spacial score (nSPS) is 10.5. The number of ether oxygens (including phenoxy) is 2. The lowest BCUT2D eigenvalue weighted by Gasteiger charge is -2.11. The van der Waals surface area contributed by atoms with Gasteiger partial charge in [0, 0.05) is 18.0 Å². The second kappa shape index (κ2) is 9.65. The molecule has 2 N–H and O–H groups in total. The van der Waals surface area contributed by atoms with Crippen molar-refractivity contribution in [3.05, 3.63) is 101 Å². The number of pyridine rings is 1. The van der Waals surface area contributed by atoms with Gasteiger partial charge in [0.25, 0.3) is 5.56 Å². The standard InChI is InChI=1S/C24H20N4O5/c1-32-23(30)19-6-2-3-7-20(19)27-24(31)26-16-9-11-18(12-10-16)33-15-17-14-22(29)28-13-5-4-8-21(28)25-17/h2-14H,15H2,1H3,(H2,26,27,31). The van der Waals surface area contributed by atoms with Gasteiger partial charge in [-0.15, -0.1) is 0 Å². The Balaban J connectivity index is 1.37. The average Bonchev–Trinajstić information content (AvgIpc) is 2.83. The molecule has 4 aromatic rings. The lowest BCUT2D eigenvalue weighted by Crippen LogP contribution is -2.21. The van der Waals surface area contributed by atoms with Crippen molar-refractivity contribution >= 4 is 29.0 Å². The van der Waals surface area contributed by atoms with E-state index in [4.69, 9.17) is 9.47 Å². The molecule has 0 aliphatic carbocycles. The van der Waals surface area contributed by atoms with Crippen LogP contribution in [0.5, 0.6) is 5.75 Å². The Kier molecular flexibility index (Phi) is 6.31. The van der Waals surface area contributed by atoms with Crippen molar-refractivity contribution in [3.63, 3.8) is 0 Å². The first-order chi connectivity index (χ1) is 16.0. The molecule has 0 bridgehead atoms. The number of hydrogen-bond donors (Lipinski definition) is 2. The van der Waals surface area contributed by atoms with E-state index in [0.717, 1.165) is 0 Å². The number of hydrogen-bond acceptors (Lipinski definition) is 6. The highest BCUT2D eigenvalue weighted by Gasteiger charge is 2.13. The van der Waals surface area contributed by atoms with Crippen LogP contribution in [0.1, 0.15) is 16.1 Å². The molecule has 2 aromatic heterocycles. The van der Waals surface area contributed by atoms with E-state index in [9.17, 15) is 14.4 Å². The molecule has 0 unspecified atom stereocenters. The zero-order valence-corrected chi connectivity index (χ0v) is 17.6. The van der Waals surface area contributed by atoms with Gasteiger partial charge in [-0.2, -0.15) is 0 Å². The van der Waals surface area contributed by atoms with E-state index in [1.54, 1.807) is 66.9 Å². The Hall–Kier alpha value is -4.66. The van der Waals surface area contributed by atoms with Gasteiger partial charge in [0.1, 0.15) is 18.0 Å².